The van der Waals surface area contributed by atoms with E-state index in [0.717, 1.165) is 22.0 Å². The Morgan fingerprint density at radius 3 is 2.45 bits per heavy atom. The number of aromatic nitrogens is 2. The van der Waals surface area contributed by atoms with Gasteiger partial charge >= 0.3 is 0 Å². The molecule has 0 unspecified atom stereocenters. The fourth-order valence-corrected chi connectivity index (χ4v) is 3.30. The minimum absolute atomic E-state index is 0.263. The zero-order chi connectivity index (χ0) is 21.8. The van der Waals surface area contributed by atoms with Crippen molar-refractivity contribution < 1.29 is 9.18 Å². The van der Waals surface area contributed by atoms with E-state index < -0.39 is 0 Å². The van der Waals surface area contributed by atoms with Gasteiger partial charge in [-0.15, -0.1) is 0 Å². The number of hydrogen-bond acceptors (Lipinski definition) is 4. The van der Waals surface area contributed by atoms with Crippen molar-refractivity contribution in [1.82, 2.24) is 15.3 Å². The minimum atomic E-state index is -0.377. The highest BCUT2D eigenvalue weighted by atomic mass is 35.5. The van der Waals surface area contributed by atoms with E-state index in [1.54, 1.807) is 12.1 Å². The first-order valence-corrected chi connectivity index (χ1v) is 10.2. The Bertz CT molecular complexity index is 1230. The molecule has 0 saturated heterocycles. The van der Waals surface area contributed by atoms with Gasteiger partial charge < -0.3 is 10.6 Å². The van der Waals surface area contributed by atoms with Crippen LogP contribution in [0.3, 0.4) is 0 Å². The SMILES string of the molecule is Cc1ccc(-c2nc(NCCNC(=O)c3ccc(F)cc3)c3ccc(Cl)cc3n2)cc1. The Kier molecular flexibility index (Phi) is 6.09. The van der Waals surface area contributed by atoms with Crippen LogP contribution in [0.5, 0.6) is 0 Å². The zero-order valence-electron chi connectivity index (χ0n) is 16.8. The van der Waals surface area contributed by atoms with Crippen LogP contribution < -0.4 is 10.6 Å². The molecular weight excluding hydrogens is 415 g/mol. The molecule has 7 heteroatoms. The highest BCUT2D eigenvalue weighted by Crippen LogP contribution is 2.27. The molecule has 156 valence electrons. The molecule has 0 bridgehead atoms. The minimum Gasteiger partial charge on any atom is -0.368 e. The summed E-state index contributed by atoms with van der Waals surface area (Å²) in [6.07, 6.45) is 0. The Morgan fingerprint density at radius 2 is 1.71 bits per heavy atom. The van der Waals surface area contributed by atoms with Gasteiger partial charge in [0, 0.05) is 34.6 Å². The molecule has 1 amide bonds. The summed E-state index contributed by atoms with van der Waals surface area (Å²) in [7, 11) is 0. The normalized spacial score (nSPS) is 10.8. The van der Waals surface area contributed by atoms with Gasteiger partial charge in [-0.05, 0) is 49.4 Å². The molecule has 5 nitrogen and oxygen atoms in total. The topological polar surface area (TPSA) is 66.9 Å². The molecule has 0 aliphatic rings. The number of aryl methyl sites for hydroxylation is 1. The third kappa shape index (κ3) is 4.98. The summed E-state index contributed by atoms with van der Waals surface area (Å²) in [6, 6.07) is 18.9. The van der Waals surface area contributed by atoms with E-state index in [9.17, 15) is 9.18 Å². The van der Waals surface area contributed by atoms with Crippen LogP contribution >= 0.6 is 11.6 Å². The van der Waals surface area contributed by atoms with E-state index in [1.807, 2.05) is 37.3 Å². The summed E-state index contributed by atoms with van der Waals surface area (Å²) >= 11 is 6.17. The Balaban J connectivity index is 1.51. The number of fused-ring (bicyclic) bond motifs is 1. The number of halogens is 2. The Labute approximate surface area is 184 Å². The number of carbonyl (C=O) groups is 1. The van der Waals surface area contributed by atoms with Crippen molar-refractivity contribution in [2.45, 2.75) is 6.92 Å². The van der Waals surface area contributed by atoms with E-state index in [2.05, 4.69) is 15.6 Å². The molecule has 4 rings (SSSR count). The molecule has 0 saturated carbocycles. The van der Waals surface area contributed by atoms with Crippen LogP contribution in [0.1, 0.15) is 15.9 Å². The lowest BCUT2D eigenvalue weighted by Crippen LogP contribution is -2.29. The molecule has 0 radical (unpaired) electrons. The molecular formula is C24H20ClFN4O. The molecule has 2 N–H and O–H groups in total. The van der Waals surface area contributed by atoms with Gasteiger partial charge in [0.2, 0.25) is 0 Å². The molecule has 31 heavy (non-hydrogen) atoms. The zero-order valence-corrected chi connectivity index (χ0v) is 17.6. The predicted octanol–water partition coefficient (Wildman–Crippen LogP) is 5.24. The molecule has 0 aliphatic heterocycles. The van der Waals surface area contributed by atoms with Crippen molar-refractivity contribution in [2.24, 2.45) is 0 Å². The Hall–Kier alpha value is -3.51. The molecule has 0 atom stereocenters. The van der Waals surface area contributed by atoms with Crippen molar-refractivity contribution in [3.8, 4) is 11.4 Å². The number of benzene rings is 3. The molecule has 3 aromatic carbocycles. The van der Waals surface area contributed by atoms with Crippen molar-refractivity contribution in [2.75, 3.05) is 18.4 Å². The van der Waals surface area contributed by atoms with Crippen LogP contribution in [0, 0.1) is 12.7 Å². The van der Waals surface area contributed by atoms with Gasteiger partial charge in [0.05, 0.1) is 5.52 Å². The van der Waals surface area contributed by atoms with Gasteiger partial charge in [-0.2, -0.15) is 0 Å². The lowest BCUT2D eigenvalue weighted by atomic mass is 10.1. The highest BCUT2D eigenvalue weighted by Gasteiger charge is 2.11. The second-order valence-electron chi connectivity index (χ2n) is 7.11. The summed E-state index contributed by atoms with van der Waals surface area (Å²) in [5.41, 5.74) is 3.20. The third-order valence-electron chi connectivity index (χ3n) is 4.78. The monoisotopic (exact) mass is 434 g/mol. The van der Waals surface area contributed by atoms with E-state index in [1.165, 1.54) is 24.3 Å². The van der Waals surface area contributed by atoms with Crippen molar-refractivity contribution in [3.05, 3.63) is 88.7 Å². The smallest absolute Gasteiger partial charge is 0.251 e. The fourth-order valence-electron chi connectivity index (χ4n) is 3.13. The highest BCUT2D eigenvalue weighted by molar-refractivity contribution is 6.31. The number of nitrogens with zero attached hydrogens (tertiary/aromatic N) is 2. The molecule has 1 aromatic heterocycles. The Morgan fingerprint density at radius 1 is 0.968 bits per heavy atom. The van der Waals surface area contributed by atoms with Gasteiger partial charge in [-0.1, -0.05) is 41.4 Å². The predicted molar refractivity (Wildman–Crippen MR) is 122 cm³/mol. The van der Waals surface area contributed by atoms with Gasteiger partial charge in [-0.25, -0.2) is 14.4 Å². The standard InChI is InChI=1S/C24H20ClFN4O/c1-15-2-4-16(5-3-15)22-29-21-14-18(25)8-11-20(21)23(30-22)27-12-13-28-24(31)17-6-9-19(26)10-7-17/h2-11,14H,12-13H2,1H3,(H,28,31)(H,27,29,30). The van der Waals surface area contributed by atoms with E-state index in [0.29, 0.717) is 35.3 Å². The third-order valence-corrected chi connectivity index (χ3v) is 5.01. The van der Waals surface area contributed by atoms with E-state index >= 15 is 0 Å². The second-order valence-corrected chi connectivity index (χ2v) is 7.55. The van der Waals surface area contributed by atoms with Crippen LogP contribution in [0.4, 0.5) is 10.2 Å². The maximum Gasteiger partial charge on any atom is 0.251 e. The number of amides is 1. The lowest BCUT2D eigenvalue weighted by Gasteiger charge is -2.12. The fraction of sp³-hybridized carbons (Fsp3) is 0.125. The van der Waals surface area contributed by atoms with Gasteiger partial charge in [-0.3, -0.25) is 4.79 Å². The summed E-state index contributed by atoms with van der Waals surface area (Å²) in [5, 5.41) is 7.52. The van der Waals surface area contributed by atoms with Crippen LogP contribution in [0.25, 0.3) is 22.3 Å². The number of carbonyl (C=O) groups excluding carboxylic acids is 1. The summed E-state index contributed by atoms with van der Waals surface area (Å²) in [4.78, 5) is 21.5. The number of rotatable bonds is 6. The molecule has 0 spiro atoms. The number of anilines is 1. The number of hydrogen-bond donors (Lipinski definition) is 2. The second kappa shape index (κ2) is 9.10. The first-order valence-electron chi connectivity index (χ1n) is 9.81. The molecule has 1 heterocycles. The van der Waals surface area contributed by atoms with Crippen molar-refractivity contribution in [3.63, 3.8) is 0 Å². The van der Waals surface area contributed by atoms with Crippen LogP contribution in [0.2, 0.25) is 5.02 Å². The maximum absolute atomic E-state index is 13.0. The average Bonchev–Trinajstić information content (AvgIpc) is 2.77. The van der Waals surface area contributed by atoms with E-state index in [-0.39, 0.29) is 11.7 Å². The van der Waals surface area contributed by atoms with Crippen molar-refractivity contribution >= 4 is 34.2 Å². The number of nitrogens with one attached hydrogen (secondary N) is 2. The van der Waals surface area contributed by atoms with Crippen LogP contribution in [0.15, 0.2) is 66.7 Å². The molecule has 0 fully saturated rings. The lowest BCUT2D eigenvalue weighted by molar-refractivity contribution is 0.0955. The van der Waals surface area contributed by atoms with Gasteiger partial charge in [0.15, 0.2) is 5.82 Å². The van der Waals surface area contributed by atoms with Crippen LogP contribution in [-0.4, -0.2) is 29.0 Å². The largest absolute Gasteiger partial charge is 0.368 e. The van der Waals surface area contributed by atoms with Crippen LogP contribution in [-0.2, 0) is 0 Å². The summed E-state index contributed by atoms with van der Waals surface area (Å²) in [6.45, 7) is 2.85. The van der Waals surface area contributed by atoms with Crippen molar-refractivity contribution in [1.29, 1.82) is 0 Å². The molecule has 4 aromatic rings. The average molecular weight is 435 g/mol. The van der Waals surface area contributed by atoms with E-state index in [4.69, 9.17) is 16.6 Å². The maximum atomic E-state index is 13.0. The van der Waals surface area contributed by atoms with Gasteiger partial charge in [0.1, 0.15) is 11.6 Å². The molecule has 0 aliphatic carbocycles. The first kappa shape index (κ1) is 20.8. The quantitative estimate of drug-likeness (QED) is 0.407. The summed E-state index contributed by atoms with van der Waals surface area (Å²) < 4.78 is 13.0. The first-order chi connectivity index (χ1) is 15.0. The van der Waals surface area contributed by atoms with Gasteiger partial charge in [0.25, 0.3) is 5.91 Å². The summed E-state index contributed by atoms with van der Waals surface area (Å²) in [5.74, 6) is 0.612.